The molecule has 0 fully saturated rings. The average Bonchev–Trinajstić information content (AvgIpc) is 2.57. The molecule has 0 aliphatic heterocycles. The topological polar surface area (TPSA) is 95.9 Å². The molecule has 3 N–H and O–H groups in total. The third-order valence-electron chi connectivity index (χ3n) is 3.48. The number of carbonyl (C=O) groups is 2. The summed E-state index contributed by atoms with van der Waals surface area (Å²) in [7, 11) is 1.70. The number of ether oxygens (including phenoxy) is 1. The van der Waals surface area contributed by atoms with Gasteiger partial charge in [0.05, 0.1) is 7.11 Å². The van der Waals surface area contributed by atoms with E-state index in [4.69, 9.17) is 24.5 Å². The molecule has 1 aromatic carbocycles. The van der Waals surface area contributed by atoms with Crippen molar-refractivity contribution in [1.29, 1.82) is 0 Å². The van der Waals surface area contributed by atoms with Crippen LogP contribution in [0, 0.1) is 5.92 Å². The van der Waals surface area contributed by atoms with Crippen LogP contribution in [-0.4, -0.2) is 35.8 Å². The van der Waals surface area contributed by atoms with Gasteiger partial charge in [-0.05, 0) is 49.4 Å². The normalized spacial score (nSPS) is 16.1. The molecule has 0 bridgehead atoms. The quantitative estimate of drug-likeness (QED) is 0.569. The van der Waals surface area contributed by atoms with Crippen molar-refractivity contribution in [3.05, 3.63) is 42.0 Å². The van der Waals surface area contributed by atoms with E-state index < -0.39 is 11.9 Å². The van der Waals surface area contributed by atoms with Crippen molar-refractivity contribution < 1.29 is 24.5 Å². The standard InChI is InChI=1S/C15H21NO.C2H2O4/c1-17-15-9-7-14(8-10-15)12-16-11-13-5-3-2-4-6-13;3-1(4)2(5)6/h2-3,7-10,13,16H,4-6,11-12H2,1H3;(H,3,4)(H,5,6). The van der Waals surface area contributed by atoms with Crippen molar-refractivity contribution in [2.75, 3.05) is 13.7 Å². The van der Waals surface area contributed by atoms with Crippen LogP contribution in [0.2, 0.25) is 0 Å². The van der Waals surface area contributed by atoms with Gasteiger partial charge < -0.3 is 20.3 Å². The molecule has 1 aromatic rings. The van der Waals surface area contributed by atoms with Crippen LogP contribution in [0.3, 0.4) is 0 Å². The number of hydrogen-bond acceptors (Lipinski definition) is 4. The Morgan fingerprint density at radius 3 is 2.30 bits per heavy atom. The third-order valence-corrected chi connectivity index (χ3v) is 3.48. The first-order valence-corrected chi connectivity index (χ1v) is 7.47. The van der Waals surface area contributed by atoms with Gasteiger partial charge in [0.2, 0.25) is 0 Å². The summed E-state index contributed by atoms with van der Waals surface area (Å²) >= 11 is 0. The van der Waals surface area contributed by atoms with E-state index in [2.05, 4.69) is 29.6 Å². The molecule has 1 aliphatic carbocycles. The molecule has 0 saturated carbocycles. The lowest BCUT2D eigenvalue weighted by molar-refractivity contribution is -0.159. The van der Waals surface area contributed by atoms with E-state index in [1.165, 1.54) is 24.8 Å². The van der Waals surface area contributed by atoms with E-state index in [0.29, 0.717) is 0 Å². The van der Waals surface area contributed by atoms with Gasteiger partial charge in [0, 0.05) is 6.54 Å². The first-order chi connectivity index (χ1) is 11.0. The summed E-state index contributed by atoms with van der Waals surface area (Å²) in [4.78, 5) is 18.2. The van der Waals surface area contributed by atoms with Gasteiger partial charge in [0.15, 0.2) is 0 Å². The van der Waals surface area contributed by atoms with Crippen LogP contribution in [0.25, 0.3) is 0 Å². The molecular weight excluding hydrogens is 298 g/mol. The van der Waals surface area contributed by atoms with Crippen molar-refractivity contribution in [2.45, 2.75) is 25.8 Å². The van der Waals surface area contributed by atoms with E-state index in [9.17, 15) is 0 Å². The Bertz CT molecular complexity index is 512. The van der Waals surface area contributed by atoms with Crippen molar-refractivity contribution in [2.24, 2.45) is 5.92 Å². The molecule has 0 spiro atoms. The number of hydrogen-bond donors (Lipinski definition) is 3. The molecule has 6 nitrogen and oxygen atoms in total. The molecule has 0 amide bonds. The van der Waals surface area contributed by atoms with Gasteiger partial charge >= 0.3 is 11.9 Å². The first kappa shape index (κ1) is 18.7. The largest absolute Gasteiger partial charge is 0.497 e. The summed E-state index contributed by atoms with van der Waals surface area (Å²) in [5, 5.41) is 18.3. The molecule has 6 heteroatoms. The molecule has 0 aromatic heterocycles. The van der Waals surface area contributed by atoms with Crippen LogP contribution in [0.4, 0.5) is 0 Å². The fourth-order valence-corrected chi connectivity index (χ4v) is 2.21. The molecular formula is C17H23NO5. The SMILES string of the molecule is COc1ccc(CNCC2CC=CCC2)cc1.O=C(O)C(=O)O. The highest BCUT2D eigenvalue weighted by molar-refractivity contribution is 6.27. The summed E-state index contributed by atoms with van der Waals surface area (Å²) in [6, 6.07) is 8.26. The molecule has 23 heavy (non-hydrogen) atoms. The number of carboxylic acid groups (broad SMARTS) is 2. The van der Waals surface area contributed by atoms with Gasteiger partial charge in [0.25, 0.3) is 0 Å². The van der Waals surface area contributed by atoms with Gasteiger partial charge in [-0.3, -0.25) is 0 Å². The fourth-order valence-electron chi connectivity index (χ4n) is 2.21. The van der Waals surface area contributed by atoms with Crippen molar-refractivity contribution in [3.63, 3.8) is 0 Å². The lowest BCUT2D eigenvalue weighted by Crippen LogP contribution is -2.23. The number of benzene rings is 1. The second-order valence-corrected chi connectivity index (χ2v) is 5.24. The zero-order chi connectivity index (χ0) is 17.1. The predicted octanol–water partition coefficient (Wildman–Crippen LogP) is 2.30. The Kier molecular flexibility index (Phi) is 8.46. The summed E-state index contributed by atoms with van der Waals surface area (Å²) in [5.41, 5.74) is 1.32. The molecule has 1 aliphatic rings. The van der Waals surface area contributed by atoms with E-state index in [1.54, 1.807) is 7.11 Å². The van der Waals surface area contributed by atoms with Gasteiger partial charge in [-0.25, -0.2) is 9.59 Å². The van der Waals surface area contributed by atoms with E-state index in [1.807, 2.05) is 12.1 Å². The number of aliphatic carboxylic acids is 2. The summed E-state index contributed by atoms with van der Waals surface area (Å²) in [6.45, 7) is 2.07. The highest BCUT2D eigenvalue weighted by atomic mass is 16.5. The maximum absolute atomic E-state index is 9.10. The zero-order valence-electron chi connectivity index (χ0n) is 13.2. The van der Waals surface area contributed by atoms with Crippen LogP contribution in [0.1, 0.15) is 24.8 Å². The Morgan fingerprint density at radius 1 is 1.17 bits per heavy atom. The molecule has 126 valence electrons. The van der Waals surface area contributed by atoms with Crippen LogP contribution in [0.15, 0.2) is 36.4 Å². The Hall–Kier alpha value is -2.34. The van der Waals surface area contributed by atoms with E-state index >= 15 is 0 Å². The molecule has 1 atom stereocenters. The minimum Gasteiger partial charge on any atom is -0.497 e. The monoisotopic (exact) mass is 321 g/mol. The van der Waals surface area contributed by atoms with Crippen LogP contribution < -0.4 is 10.1 Å². The van der Waals surface area contributed by atoms with Crippen LogP contribution >= 0.6 is 0 Å². The number of methoxy groups -OCH3 is 1. The van der Waals surface area contributed by atoms with Crippen LogP contribution in [0.5, 0.6) is 5.75 Å². The lowest BCUT2D eigenvalue weighted by Gasteiger charge is -2.18. The highest BCUT2D eigenvalue weighted by Gasteiger charge is 2.08. The summed E-state index contributed by atoms with van der Waals surface area (Å²) < 4.78 is 5.14. The molecule has 0 heterocycles. The minimum absolute atomic E-state index is 0.818. The highest BCUT2D eigenvalue weighted by Crippen LogP contribution is 2.17. The lowest BCUT2D eigenvalue weighted by atomic mass is 9.94. The number of allylic oxidation sites excluding steroid dienone is 2. The molecule has 2 rings (SSSR count). The number of nitrogens with one attached hydrogen (secondary N) is 1. The number of carboxylic acids is 2. The predicted molar refractivity (Wildman–Crippen MR) is 86.5 cm³/mol. The second kappa shape index (κ2) is 10.4. The Morgan fingerprint density at radius 2 is 1.83 bits per heavy atom. The van der Waals surface area contributed by atoms with Gasteiger partial charge in [-0.1, -0.05) is 24.3 Å². The second-order valence-electron chi connectivity index (χ2n) is 5.24. The van der Waals surface area contributed by atoms with Gasteiger partial charge in [-0.2, -0.15) is 0 Å². The van der Waals surface area contributed by atoms with Crippen molar-refractivity contribution >= 4 is 11.9 Å². The maximum atomic E-state index is 9.10. The van der Waals surface area contributed by atoms with Crippen molar-refractivity contribution in [3.8, 4) is 5.75 Å². The Balaban J connectivity index is 0.000000379. The summed E-state index contributed by atoms with van der Waals surface area (Å²) in [6.07, 6.45) is 8.40. The zero-order valence-corrected chi connectivity index (χ0v) is 13.2. The maximum Gasteiger partial charge on any atom is 0.414 e. The first-order valence-electron chi connectivity index (χ1n) is 7.47. The van der Waals surface area contributed by atoms with E-state index in [-0.39, 0.29) is 0 Å². The van der Waals surface area contributed by atoms with Gasteiger partial charge in [-0.15, -0.1) is 0 Å². The molecule has 1 unspecified atom stereocenters. The van der Waals surface area contributed by atoms with E-state index in [0.717, 1.165) is 24.8 Å². The van der Waals surface area contributed by atoms with Crippen LogP contribution in [-0.2, 0) is 16.1 Å². The molecule has 0 radical (unpaired) electrons. The summed E-state index contributed by atoms with van der Waals surface area (Å²) in [5.74, 6) is -1.91. The van der Waals surface area contributed by atoms with Crippen molar-refractivity contribution in [1.82, 2.24) is 5.32 Å². The fraction of sp³-hybridized carbons (Fsp3) is 0.412. The number of rotatable bonds is 5. The Labute approximate surface area is 135 Å². The minimum atomic E-state index is -1.82. The van der Waals surface area contributed by atoms with Gasteiger partial charge in [0.1, 0.15) is 5.75 Å². The third kappa shape index (κ3) is 8.01. The molecule has 0 saturated heterocycles. The average molecular weight is 321 g/mol. The smallest absolute Gasteiger partial charge is 0.414 e.